The normalized spacial score (nSPS) is 16.7. The van der Waals surface area contributed by atoms with Crippen molar-refractivity contribution in [3.05, 3.63) is 65.8 Å². The van der Waals surface area contributed by atoms with Crippen LogP contribution in [0.25, 0.3) is 6.08 Å². The van der Waals surface area contributed by atoms with E-state index in [0.717, 1.165) is 11.1 Å². The van der Waals surface area contributed by atoms with E-state index >= 15 is 0 Å². The van der Waals surface area contributed by atoms with Gasteiger partial charge in [0.1, 0.15) is 6.54 Å². The third kappa shape index (κ3) is 16.6. The maximum absolute atomic E-state index is 13.6. The molecule has 6 atom stereocenters. The number of allylic oxidation sites excluding steroid dienone is 2. The molecule has 0 spiro atoms. The van der Waals surface area contributed by atoms with Crippen molar-refractivity contribution in [1.82, 2.24) is 10.6 Å². The highest BCUT2D eigenvalue weighted by Gasteiger charge is 2.43. The van der Waals surface area contributed by atoms with E-state index < -0.39 is 22.4 Å². The third-order valence-electron chi connectivity index (χ3n) is 9.80. The summed E-state index contributed by atoms with van der Waals surface area (Å²) in [7, 11) is 0.478. The van der Waals surface area contributed by atoms with Crippen molar-refractivity contribution in [2.24, 2.45) is 11.8 Å². The Labute approximate surface area is 311 Å². The van der Waals surface area contributed by atoms with E-state index in [-0.39, 0.29) is 65.6 Å². The van der Waals surface area contributed by atoms with E-state index in [1.807, 2.05) is 31.2 Å². The molecule has 0 saturated heterocycles. The minimum atomic E-state index is -2.23. The molecule has 11 heteroatoms. The standard InChI is InChI=1S/C40H68N2O7Si2/c1-29(23-24-30(2)38(48-9)31(3)33(46-7)26-25-32-19-16-15-17-20-32)27-36(44)42-39(50(10,11)12)34(49-51(13,14)40(4,5)6)21-18-22-35(43)41-28-37(45)47-8/h15-17,19-20,23-27,30-31,33-34,38-39H,18,21-22,28H2,1-14H3,(H,41,43)(H,42,44)/b24-23+,26-25+,29-27+/t30-,31+,33-,34?,38-,39?/m0/s1. The molecule has 0 fully saturated rings. The summed E-state index contributed by atoms with van der Waals surface area (Å²) in [6.45, 7) is 23.7. The van der Waals surface area contributed by atoms with Crippen LogP contribution in [-0.4, -0.2) is 86.0 Å². The Kier molecular flexibility index (Phi) is 19.6. The van der Waals surface area contributed by atoms with Gasteiger partial charge in [0.2, 0.25) is 11.8 Å². The summed E-state index contributed by atoms with van der Waals surface area (Å²) in [4.78, 5) is 37.5. The van der Waals surface area contributed by atoms with Crippen molar-refractivity contribution in [2.75, 3.05) is 27.9 Å². The number of hydrogen-bond donors (Lipinski definition) is 2. The minimum absolute atomic E-state index is 0.0336. The molecule has 0 aliphatic rings. The Morgan fingerprint density at radius 3 is 2.08 bits per heavy atom. The summed E-state index contributed by atoms with van der Waals surface area (Å²) in [5, 5.41) is 5.91. The fourth-order valence-corrected chi connectivity index (χ4v) is 9.13. The number of carbonyl (C=O) groups excluding carboxylic acids is 3. The molecule has 1 aromatic rings. The van der Waals surface area contributed by atoms with Gasteiger partial charge >= 0.3 is 5.97 Å². The van der Waals surface area contributed by atoms with Crippen LogP contribution in [0.1, 0.15) is 66.4 Å². The van der Waals surface area contributed by atoms with Gasteiger partial charge < -0.3 is 29.3 Å². The topological polar surface area (TPSA) is 112 Å². The maximum Gasteiger partial charge on any atom is 0.325 e. The third-order valence-corrected chi connectivity index (χ3v) is 16.7. The molecule has 2 unspecified atom stereocenters. The lowest BCUT2D eigenvalue weighted by Crippen LogP contribution is -2.60. The summed E-state index contributed by atoms with van der Waals surface area (Å²) in [5.74, 6) is -0.746. The predicted octanol–water partition coefficient (Wildman–Crippen LogP) is 7.72. The molecule has 1 aromatic carbocycles. The molecule has 2 N–H and O–H groups in total. The first kappa shape index (κ1) is 46.2. The van der Waals surface area contributed by atoms with Crippen molar-refractivity contribution >= 4 is 40.3 Å². The van der Waals surface area contributed by atoms with Crippen molar-refractivity contribution in [1.29, 1.82) is 0 Å². The molecule has 0 aliphatic heterocycles. The molecule has 9 nitrogen and oxygen atoms in total. The van der Waals surface area contributed by atoms with Gasteiger partial charge in [-0.15, -0.1) is 0 Å². The molecular weight excluding hydrogens is 677 g/mol. The van der Waals surface area contributed by atoms with Gasteiger partial charge in [0, 0.05) is 44.2 Å². The van der Waals surface area contributed by atoms with Gasteiger partial charge in [0.25, 0.3) is 0 Å². The quantitative estimate of drug-likeness (QED) is 0.0574. The van der Waals surface area contributed by atoms with Crippen LogP contribution >= 0.6 is 0 Å². The minimum Gasteiger partial charge on any atom is -0.468 e. The smallest absolute Gasteiger partial charge is 0.325 e. The lowest BCUT2D eigenvalue weighted by Gasteiger charge is -2.44. The molecule has 51 heavy (non-hydrogen) atoms. The first-order chi connectivity index (χ1) is 23.7. The Morgan fingerprint density at radius 1 is 0.922 bits per heavy atom. The van der Waals surface area contributed by atoms with Crippen LogP contribution in [0.3, 0.4) is 0 Å². The Bertz CT molecular complexity index is 1320. The largest absolute Gasteiger partial charge is 0.468 e. The van der Waals surface area contributed by atoms with Crippen LogP contribution in [0, 0.1) is 11.8 Å². The molecule has 288 valence electrons. The fraction of sp³-hybridized carbons (Fsp3) is 0.625. The van der Waals surface area contributed by atoms with Crippen LogP contribution in [0.2, 0.25) is 37.8 Å². The molecule has 0 heterocycles. The molecule has 0 saturated carbocycles. The van der Waals surface area contributed by atoms with Crippen LogP contribution < -0.4 is 10.6 Å². The van der Waals surface area contributed by atoms with Gasteiger partial charge in [-0.05, 0) is 49.0 Å². The van der Waals surface area contributed by atoms with Crippen molar-refractivity contribution in [3.8, 4) is 0 Å². The highest BCUT2D eigenvalue weighted by Crippen LogP contribution is 2.39. The van der Waals surface area contributed by atoms with Gasteiger partial charge in [-0.2, -0.15) is 0 Å². The van der Waals surface area contributed by atoms with E-state index in [0.29, 0.717) is 12.8 Å². The van der Waals surface area contributed by atoms with Gasteiger partial charge in [0.05, 0.1) is 33.5 Å². The van der Waals surface area contributed by atoms with Crippen LogP contribution in [0.15, 0.2) is 60.2 Å². The molecule has 2 amide bonds. The van der Waals surface area contributed by atoms with Gasteiger partial charge in [-0.3, -0.25) is 14.4 Å². The number of amides is 2. The van der Waals surface area contributed by atoms with E-state index in [4.69, 9.17) is 13.9 Å². The Balaban J connectivity index is 3.14. The first-order valence-electron chi connectivity index (χ1n) is 18.1. The van der Waals surface area contributed by atoms with Crippen LogP contribution in [0.4, 0.5) is 0 Å². The Hall–Kier alpha value is -2.84. The average Bonchev–Trinajstić information content (AvgIpc) is 3.04. The number of benzene rings is 1. The Morgan fingerprint density at radius 2 is 1.55 bits per heavy atom. The zero-order valence-corrected chi connectivity index (χ0v) is 35.9. The fourth-order valence-electron chi connectivity index (χ4n) is 5.71. The number of rotatable bonds is 21. The van der Waals surface area contributed by atoms with Crippen molar-refractivity contribution in [2.45, 2.75) is 123 Å². The van der Waals surface area contributed by atoms with E-state index in [9.17, 15) is 14.4 Å². The van der Waals surface area contributed by atoms with Crippen LogP contribution in [0.5, 0.6) is 0 Å². The van der Waals surface area contributed by atoms with Gasteiger partial charge in [-0.25, -0.2) is 0 Å². The van der Waals surface area contributed by atoms with Crippen molar-refractivity contribution in [3.63, 3.8) is 0 Å². The summed E-state index contributed by atoms with van der Waals surface area (Å²) in [6.07, 6.45) is 10.8. The predicted molar refractivity (Wildman–Crippen MR) is 215 cm³/mol. The maximum atomic E-state index is 13.6. The SMILES string of the molecule is COC(=O)CNC(=O)CCCC(O[Si](C)(C)C(C)(C)C)C(NC(=O)/C=C(C)/C=C/[C@H](C)[C@H](OC)[C@H](C)[C@H](/C=C/c1ccccc1)OC)[Si](C)(C)C. The second-order valence-corrected chi connectivity index (χ2v) is 26.3. The molecule has 0 radical (unpaired) electrons. The van der Waals surface area contributed by atoms with Crippen molar-refractivity contribution < 1.29 is 33.0 Å². The van der Waals surface area contributed by atoms with E-state index in [1.165, 1.54) is 7.11 Å². The first-order valence-corrected chi connectivity index (χ1v) is 24.6. The van der Waals surface area contributed by atoms with Gasteiger partial charge in [-0.1, -0.05) is 109 Å². The number of esters is 1. The molecule has 0 aromatic heterocycles. The average molecular weight is 745 g/mol. The number of methoxy groups -OCH3 is 3. The van der Waals surface area contributed by atoms with E-state index in [1.54, 1.807) is 20.3 Å². The zero-order chi connectivity index (χ0) is 39.0. The summed E-state index contributed by atoms with van der Waals surface area (Å²) in [6, 6.07) is 10.1. The lowest BCUT2D eigenvalue weighted by atomic mass is 9.88. The van der Waals surface area contributed by atoms with Crippen LogP contribution in [-0.2, 0) is 33.0 Å². The molecule has 0 bridgehead atoms. The number of nitrogens with one attached hydrogen (secondary N) is 2. The summed E-state index contributed by atoms with van der Waals surface area (Å²) < 4.78 is 23.4. The molecular formula is C40H68N2O7Si2. The zero-order valence-electron chi connectivity index (χ0n) is 33.9. The number of carbonyl (C=O) groups is 3. The summed E-state index contributed by atoms with van der Waals surface area (Å²) >= 11 is 0. The number of hydrogen-bond acceptors (Lipinski definition) is 7. The molecule has 1 rings (SSSR count). The van der Waals surface area contributed by atoms with Gasteiger partial charge in [0.15, 0.2) is 8.32 Å². The monoisotopic (exact) mass is 744 g/mol. The lowest BCUT2D eigenvalue weighted by molar-refractivity contribution is -0.141. The molecule has 0 aliphatic carbocycles. The highest BCUT2D eigenvalue weighted by atomic mass is 28.4. The van der Waals surface area contributed by atoms with E-state index in [2.05, 4.69) is 113 Å². The second-order valence-electron chi connectivity index (χ2n) is 16.2. The number of ether oxygens (including phenoxy) is 3. The highest BCUT2D eigenvalue weighted by molar-refractivity contribution is 6.78. The summed E-state index contributed by atoms with van der Waals surface area (Å²) in [5.41, 5.74) is 1.76. The second kappa shape index (κ2) is 21.6.